The highest BCUT2D eigenvalue weighted by Crippen LogP contribution is 2.40. The molecule has 1 saturated carbocycles. The Bertz CT molecular complexity index is 393. The van der Waals surface area contributed by atoms with Gasteiger partial charge in [0, 0.05) is 38.7 Å². The van der Waals surface area contributed by atoms with Crippen molar-refractivity contribution in [2.24, 2.45) is 0 Å². The van der Waals surface area contributed by atoms with Gasteiger partial charge in [0.15, 0.2) is 5.69 Å². The summed E-state index contributed by atoms with van der Waals surface area (Å²) in [6.07, 6.45) is 2.28. The number of ether oxygens (including phenoxy) is 1. The minimum Gasteiger partial charge on any atom is -0.383 e. The molecule has 1 aliphatic rings. The van der Waals surface area contributed by atoms with E-state index in [2.05, 4.69) is 15.8 Å². The fourth-order valence-corrected chi connectivity index (χ4v) is 1.61. The molecule has 19 heavy (non-hydrogen) atoms. The van der Waals surface area contributed by atoms with Crippen molar-refractivity contribution in [3.05, 3.63) is 17.5 Å². The van der Waals surface area contributed by atoms with E-state index in [0.717, 1.165) is 25.1 Å². The summed E-state index contributed by atoms with van der Waals surface area (Å²) in [5, 5.41) is 9.71. The molecule has 0 unspecified atom stereocenters. The molecule has 2 rings (SSSR count). The number of aromatic nitrogens is 1. The molecular formula is C12H20ClN3O3. The number of amides is 1. The molecule has 108 valence electrons. The van der Waals surface area contributed by atoms with Crippen LogP contribution in [0.2, 0.25) is 0 Å². The van der Waals surface area contributed by atoms with Crippen LogP contribution in [-0.4, -0.2) is 44.4 Å². The van der Waals surface area contributed by atoms with E-state index in [1.807, 2.05) is 0 Å². The van der Waals surface area contributed by atoms with E-state index in [4.69, 9.17) is 9.26 Å². The monoisotopic (exact) mass is 289 g/mol. The zero-order chi connectivity index (χ0) is 12.8. The number of nitrogens with zero attached hydrogens (tertiary/aromatic N) is 1. The molecule has 1 aliphatic carbocycles. The van der Waals surface area contributed by atoms with Crippen LogP contribution in [0.4, 0.5) is 0 Å². The number of hydrogen-bond donors (Lipinski definition) is 2. The standard InChI is InChI=1S/C12H19N3O3.ClH/c1-17-7-6-13-4-5-14-12(16)10-8-11(18-15-10)9-2-3-9;/h8-9,13H,2-7H2,1H3,(H,14,16);1H. The van der Waals surface area contributed by atoms with Gasteiger partial charge in [-0.25, -0.2) is 0 Å². The molecule has 7 heteroatoms. The predicted molar refractivity (Wildman–Crippen MR) is 72.8 cm³/mol. The molecule has 6 nitrogen and oxygen atoms in total. The Morgan fingerprint density at radius 2 is 2.26 bits per heavy atom. The largest absolute Gasteiger partial charge is 0.383 e. The van der Waals surface area contributed by atoms with E-state index >= 15 is 0 Å². The van der Waals surface area contributed by atoms with E-state index in [9.17, 15) is 4.79 Å². The van der Waals surface area contributed by atoms with E-state index < -0.39 is 0 Å². The molecule has 0 radical (unpaired) electrons. The topological polar surface area (TPSA) is 76.4 Å². The highest BCUT2D eigenvalue weighted by atomic mass is 35.5. The van der Waals surface area contributed by atoms with Gasteiger partial charge in [-0.2, -0.15) is 0 Å². The highest BCUT2D eigenvalue weighted by molar-refractivity contribution is 5.92. The number of carbonyl (C=O) groups excluding carboxylic acids is 1. The Hall–Kier alpha value is -1.11. The first-order valence-corrected chi connectivity index (χ1v) is 6.25. The maximum absolute atomic E-state index is 11.7. The Labute approximate surface area is 118 Å². The van der Waals surface area contributed by atoms with Crippen LogP contribution in [0.1, 0.15) is 35.0 Å². The first-order chi connectivity index (χ1) is 8.81. The number of hydrogen-bond acceptors (Lipinski definition) is 5. The summed E-state index contributed by atoms with van der Waals surface area (Å²) < 4.78 is 10.0. The zero-order valence-electron chi connectivity index (χ0n) is 11.0. The molecule has 1 aromatic rings. The van der Waals surface area contributed by atoms with Gasteiger partial charge in [-0.05, 0) is 12.8 Å². The zero-order valence-corrected chi connectivity index (χ0v) is 11.8. The van der Waals surface area contributed by atoms with Gasteiger partial charge in [0.25, 0.3) is 5.91 Å². The minimum absolute atomic E-state index is 0. The molecule has 1 amide bonds. The van der Waals surface area contributed by atoms with Gasteiger partial charge < -0.3 is 19.9 Å². The second kappa shape index (κ2) is 8.14. The summed E-state index contributed by atoms with van der Waals surface area (Å²) >= 11 is 0. The molecule has 0 atom stereocenters. The second-order valence-corrected chi connectivity index (χ2v) is 4.39. The third kappa shape index (κ3) is 5.18. The van der Waals surface area contributed by atoms with Crippen LogP contribution in [0.25, 0.3) is 0 Å². The fraction of sp³-hybridized carbons (Fsp3) is 0.667. The van der Waals surface area contributed by atoms with Crippen molar-refractivity contribution in [3.63, 3.8) is 0 Å². The molecule has 0 saturated heterocycles. The lowest BCUT2D eigenvalue weighted by Gasteiger charge is -2.04. The first-order valence-electron chi connectivity index (χ1n) is 6.25. The van der Waals surface area contributed by atoms with Crippen molar-refractivity contribution in [3.8, 4) is 0 Å². The number of nitrogens with one attached hydrogen (secondary N) is 2. The summed E-state index contributed by atoms with van der Waals surface area (Å²) in [4.78, 5) is 11.7. The third-order valence-electron chi connectivity index (χ3n) is 2.81. The van der Waals surface area contributed by atoms with Crippen LogP contribution in [0.3, 0.4) is 0 Å². The molecule has 1 heterocycles. The number of methoxy groups -OCH3 is 1. The van der Waals surface area contributed by atoms with Crippen molar-refractivity contribution < 1.29 is 14.1 Å². The van der Waals surface area contributed by atoms with E-state index in [-0.39, 0.29) is 18.3 Å². The normalized spacial score (nSPS) is 13.9. The summed E-state index contributed by atoms with van der Waals surface area (Å²) in [7, 11) is 1.66. The molecule has 1 fully saturated rings. The maximum atomic E-state index is 11.7. The van der Waals surface area contributed by atoms with Gasteiger partial charge in [0.05, 0.1) is 6.61 Å². The first kappa shape index (κ1) is 15.9. The lowest BCUT2D eigenvalue weighted by molar-refractivity contribution is 0.0944. The van der Waals surface area contributed by atoms with Gasteiger partial charge in [-0.3, -0.25) is 4.79 Å². The van der Waals surface area contributed by atoms with E-state index in [0.29, 0.717) is 31.3 Å². The highest BCUT2D eigenvalue weighted by Gasteiger charge is 2.28. The van der Waals surface area contributed by atoms with Crippen LogP contribution >= 0.6 is 12.4 Å². The van der Waals surface area contributed by atoms with Crippen LogP contribution in [0, 0.1) is 0 Å². The Kier molecular flexibility index (Phi) is 6.83. The number of halogens is 1. The van der Waals surface area contributed by atoms with E-state index in [1.54, 1.807) is 13.2 Å². The molecule has 1 aromatic heterocycles. The molecule has 2 N–H and O–H groups in total. The molecule has 0 spiro atoms. The average molecular weight is 290 g/mol. The van der Waals surface area contributed by atoms with Gasteiger partial charge in [-0.15, -0.1) is 12.4 Å². The Morgan fingerprint density at radius 3 is 2.95 bits per heavy atom. The lowest BCUT2D eigenvalue weighted by Crippen LogP contribution is -2.33. The Balaban J connectivity index is 0.00000180. The third-order valence-corrected chi connectivity index (χ3v) is 2.81. The van der Waals surface area contributed by atoms with Crippen molar-refractivity contribution in [1.82, 2.24) is 15.8 Å². The number of carbonyl (C=O) groups is 1. The van der Waals surface area contributed by atoms with Crippen molar-refractivity contribution >= 4 is 18.3 Å². The molecular weight excluding hydrogens is 270 g/mol. The summed E-state index contributed by atoms with van der Waals surface area (Å²) in [6, 6.07) is 1.74. The molecule has 0 bridgehead atoms. The SMILES string of the molecule is COCCNCCNC(=O)c1cc(C2CC2)on1.Cl. The predicted octanol–water partition coefficient (Wildman–Crippen LogP) is 0.940. The van der Waals surface area contributed by atoms with Crippen molar-refractivity contribution in [2.75, 3.05) is 33.4 Å². The second-order valence-electron chi connectivity index (χ2n) is 4.39. The molecule has 0 aliphatic heterocycles. The smallest absolute Gasteiger partial charge is 0.273 e. The van der Waals surface area contributed by atoms with Gasteiger partial charge in [0.2, 0.25) is 0 Å². The summed E-state index contributed by atoms with van der Waals surface area (Å²) in [6.45, 7) is 2.72. The van der Waals surface area contributed by atoms with Crippen LogP contribution < -0.4 is 10.6 Å². The van der Waals surface area contributed by atoms with Crippen LogP contribution in [0.15, 0.2) is 10.6 Å². The summed E-state index contributed by atoms with van der Waals surface area (Å²) in [5.74, 6) is 1.13. The maximum Gasteiger partial charge on any atom is 0.273 e. The van der Waals surface area contributed by atoms with Crippen molar-refractivity contribution in [2.45, 2.75) is 18.8 Å². The average Bonchev–Trinajstić information content (AvgIpc) is 3.11. The number of rotatable bonds is 8. The van der Waals surface area contributed by atoms with Crippen molar-refractivity contribution in [1.29, 1.82) is 0 Å². The van der Waals surface area contributed by atoms with Crippen LogP contribution in [0.5, 0.6) is 0 Å². The Morgan fingerprint density at radius 1 is 1.47 bits per heavy atom. The summed E-state index contributed by atoms with van der Waals surface area (Å²) in [5.41, 5.74) is 0.369. The van der Waals surface area contributed by atoms with Gasteiger partial charge in [0.1, 0.15) is 5.76 Å². The quantitative estimate of drug-likeness (QED) is 0.697. The fourth-order valence-electron chi connectivity index (χ4n) is 1.61. The minimum atomic E-state index is -0.181. The van der Waals surface area contributed by atoms with Gasteiger partial charge >= 0.3 is 0 Å². The van der Waals surface area contributed by atoms with Gasteiger partial charge in [-0.1, -0.05) is 5.16 Å². The van der Waals surface area contributed by atoms with E-state index in [1.165, 1.54) is 0 Å². The molecule has 0 aromatic carbocycles. The lowest BCUT2D eigenvalue weighted by atomic mass is 10.3. The van der Waals surface area contributed by atoms with Crippen LogP contribution in [-0.2, 0) is 4.74 Å².